The number of allylic oxidation sites excluding steroid dienone is 2. The molecule has 1 atom stereocenters. The number of hydrogen-bond donors (Lipinski definition) is 1. The molecule has 2 nitrogen and oxygen atoms in total. The second-order valence-electron chi connectivity index (χ2n) is 6.55. The minimum Gasteiger partial charge on any atom is -0.355 e. The number of carbonyl (C=O) groups excluding carboxylic acids is 1. The van der Waals surface area contributed by atoms with E-state index in [1.54, 1.807) is 0 Å². The molecule has 1 amide bonds. The van der Waals surface area contributed by atoms with Crippen LogP contribution < -0.4 is 5.32 Å². The summed E-state index contributed by atoms with van der Waals surface area (Å²) in [6.45, 7) is 0.802. The van der Waals surface area contributed by atoms with Crippen LogP contribution in [-0.2, 0) is 10.2 Å². The number of nitrogens with one attached hydrogen (secondary N) is 1. The van der Waals surface area contributed by atoms with Gasteiger partial charge in [-0.05, 0) is 37.7 Å². The van der Waals surface area contributed by atoms with Crippen LogP contribution in [0.3, 0.4) is 0 Å². The lowest BCUT2D eigenvalue weighted by molar-refractivity contribution is -0.125. The molecular formula is C19H25NO. The Hall–Kier alpha value is -1.57. The van der Waals surface area contributed by atoms with Crippen LogP contribution in [-0.4, -0.2) is 12.5 Å². The summed E-state index contributed by atoms with van der Waals surface area (Å²) in [5, 5.41) is 3.26. The second-order valence-corrected chi connectivity index (χ2v) is 6.55. The van der Waals surface area contributed by atoms with Crippen molar-refractivity contribution in [1.29, 1.82) is 0 Å². The minimum atomic E-state index is 0.168. The monoisotopic (exact) mass is 283 g/mol. The van der Waals surface area contributed by atoms with Crippen molar-refractivity contribution in [3.05, 3.63) is 48.0 Å². The largest absolute Gasteiger partial charge is 0.355 e. The predicted molar refractivity (Wildman–Crippen MR) is 86.1 cm³/mol. The van der Waals surface area contributed by atoms with Crippen molar-refractivity contribution in [2.24, 2.45) is 5.92 Å². The fourth-order valence-electron chi connectivity index (χ4n) is 3.84. The lowest BCUT2D eigenvalue weighted by Gasteiger charge is -2.31. The Labute approximate surface area is 127 Å². The average Bonchev–Trinajstić information content (AvgIpc) is 3.04. The molecule has 112 valence electrons. The van der Waals surface area contributed by atoms with Crippen LogP contribution in [0.1, 0.15) is 50.5 Å². The number of hydrogen-bond acceptors (Lipinski definition) is 1. The predicted octanol–water partition coefficient (Wildman–Crippen LogP) is 3.97. The maximum Gasteiger partial charge on any atom is 0.223 e. The molecule has 2 heteroatoms. The molecule has 21 heavy (non-hydrogen) atoms. The molecule has 0 heterocycles. The van der Waals surface area contributed by atoms with Gasteiger partial charge in [0.15, 0.2) is 0 Å². The summed E-state index contributed by atoms with van der Waals surface area (Å²) in [6.07, 6.45) is 12.2. The first-order chi connectivity index (χ1) is 10.3. The second kappa shape index (κ2) is 6.46. The first-order valence-electron chi connectivity index (χ1n) is 8.28. The van der Waals surface area contributed by atoms with Crippen LogP contribution in [0.25, 0.3) is 0 Å². The van der Waals surface area contributed by atoms with E-state index in [9.17, 15) is 4.79 Å². The number of carbonyl (C=O) groups is 1. The molecular weight excluding hydrogens is 258 g/mol. The van der Waals surface area contributed by atoms with Gasteiger partial charge in [-0.2, -0.15) is 0 Å². The molecule has 1 saturated carbocycles. The van der Waals surface area contributed by atoms with Crippen LogP contribution in [0.15, 0.2) is 42.5 Å². The van der Waals surface area contributed by atoms with Crippen molar-refractivity contribution in [2.75, 3.05) is 6.54 Å². The standard InChI is InChI=1S/C19H25NO/c21-18(16-9-3-1-4-10-16)20-15-19(13-7-8-14-19)17-11-5-2-6-12-17/h1-3,5-6,11-12,16H,4,7-10,13-15H2,(H,20,21). The highest BCUT2D eigenvalue weighted by Crippen LogP contribution is 2.40. The van der Waals surface area contributed by atoms with E-state index in [1.165, 1.54) is 31.2 Å². The van der Waals surface area contributed by atoms with E-state index in [0.717, 1.165) is 25.8 Å². The summed E-state index contributed by atoms with van der Waals surface area (Å²) in [6, 6.07) is 10.7. The summed E-state index contributed by atoms with van der Waals surface area (Å²) in [5.41, 5.74) is 1.56. The molecule has 1 aromatic carbocycles. The van der Waals surface area contributed by atoms with E-state index < -0.39 is 0 Å². The normalized spacial score (nSPS) is 23.9. The molecule has 1 fully saturated rings. The topological polar surface area (TPSA) is 29.1 Å². The summed E-state index contributed by atoms with van der Waals surface area (Å²) >= 11 is 0. The van der Waals surface area contributed by atoms with Gasteiger partial charge in [-0.25, -0.2) is 0 Å². The Morgan fingerprint density at radius 1 is 1.14 bits per heavy atom. The average molecular weight is 283 g/mol. The fourth-order valence-corrected chi connectivity index (χ4v) is 3.84. The summed E-state index contributed by atoms with van der Waals surface area (Å²) in [5.74, 6) is 0.436. The van der Waals surface area contributed by atoms with Gasteiger partial charge >= 0.3 is 0 Å². The van der Waals surface area contributed by atoms with Gasteiger partial charge in [0, 0.05) is 17.9 Å². The number of rotatable bonds is 4. The third-order valence-corrected chi connectivity index (χ3v) is 5.19. The maximum absolute atomic E-state index is 12.4. The van der Waals surface area contributed by atoms with Gasteiger partial charge in [0.2, 0.25) is 5.91 Å². The first-order valence-corrected chi connectivity index (χ1v) is 8.28. The van der Waals surface area contributed by atoms with E-state index in [1.807, 2.05) is 0 Å². The van der Waals surface area contributed by atoms with Gasteiger partial charge in [0.1, 0.15) is 0 Å². The highest BCUT2D eigenvalue weighted by Gasteiger charge is 2.36. The summed E-state index contributed by atoms with van der Waals surface area (Å²) in [4.78, 5) is 12.4. The van der Waals surface area contributed by atoms with E-state index in [0.29, 0.717) is 0 Å². The quantitative estimate of drug-likeness (QED) is 0.832. The maximum atomic E-state index is 12.4. The van der Waals surface area contributed by atoms with E-state index in [2.05, 4.69) is 47.8 Å². The summed E-state index contributed by atoms with van der Waals surface area (Å²) < 4.78 is 0. The first kappa shape index (κ1) is 14.4. The van der Waals surface area contributed by atoms with E-state index >= 15 is 0 Å². The molecule has 0 aromatic heterocycles. The number of benzene rings is 1. The van der Waals surface area contributed by atoms with Gasteiger partial charge < -0.3 is 5.32 Å². The lowest BCUT2D eigenvalue weighted by atomic mass is 9.78. The molecule has 0 saturated heterocycles. The van der Waals surface area contributed by atoms with Gasteiger partial charge in [-0.3, -0.25) is 4.79 Å². The third kappa shape index (κ3) is 3.20. The van der Waals surface area contributed by atoms with Gasteiger partial charge in [0.25, 0.3) is 0 Å². The smallest absolute Gasteiger partial charge is 0.223 e. The van der Waals surface area contributed by atoms with Gasteiger partial charge in [0.05, 0.1) is 0 Å². The SMILES string of the molecule is O=C(NCC1(c2ccccc2)CCCC1)C1CC=CCC1. The Balaban J connectivity index is 1.66. The van der Waals surface area contributed by atoms with Gasteiger partial charge in [-0.15, -0.1) is 0 Å². The summed E-state index contributed by atoms with van der Waals surface area (Å²) in [7, 11) is 0. The van der Waals surface area contributed by atoms with E-state index in [4.69, 9.17) is 0 Å². The molecule has 0 radical (unpaired) electrons. The van der Waals surface area contributed by atoms with Crippen LogP contribution in [0.2, 0.25) is 0 Å². The highest BCUT2D eigenvalue weighted by molar-refractivity contribution is 5.79. The van der Waals surface area contributed by atoms with Crippen molar-refractivity contribution in [1.82, 2.24) is 5.32 Å². The minimum absolute atomic E-state index is 0.168. The molecule has 1 aromatic rings. The van der Waals surface area contributed by atoms with E-state index in [-0.39, 0.29) is 17.2 Å². The third-order valence-electron chi connectivity index (χ3n) is 5.19. The molecule has 3 rings (SSSR count). The zero-order valence-corrected chi connectivity index (χ0v) is 12.7. The molecule has 2 aliphatic carbocycles. The number of amides is 1. The Morgan fingerprint density at radius 3 is 2.57 bits per heavy atom. The van der Waals surface area contributed by atoms with Crippen LogP contribution in [0, 0.1) is 5.92 Å². The zero-order chi connectivity index (χ0) is 14.5. The van der Waals surface area contributed by atoms with Crippen molar-refractivity contribution < 1.29 is 4.79 Å². The zero-order valence-electron chi connectivity index (χ0n) is 12.7. The van der Waals surface area contributed by atoms with Crippen LogP contribution in [0.5, 0.6) is 0 Å². The Bertz CT molecular complexity index is 500. The molecule has 1 unspecified atom stereocenters. The van der Waals surface area contributed by atoms with Crippen LogP contribution in [0.4, 0.5) is 0 Å². The fraction of sp³-hybridized carbons (Fsp3) is 0.526. The Kier molecular flexibility index (Phi) is 4.42. The molecule has 0 spiro atoms. The van der Waals surface area contributed by atoms with Crippen molar-refractivity contribution in [3.63, 3.8) is 0 Å². The Morgan fingerprint density at radius 2 is 1.90 bits per heavy atom. The van der Waals surface area contributed by atoms with Crippen LogP contribution >= 0.6 is 0 Å². The highest BCUT2D eigenvalue weighted by atomic mass is 16.1. The molecule has 2 aliphatic rings. The van der Waals surface area contributed by atoms with Crippen molar-refractivity contribution in [3.8, 4) is 0 Å². The van der Waals surface area contributed by atoms with Crippen molar-refractivity contribution >= 4 is 5.91 Å². The molecule has 0 bridgehead atoms. The molecule has 0 aliphatic heterocycles. The lowest BCUT2D eigenvalue weighted by Crippen LogP contribution is -2.41. The van der Waals surface area contributed by atoms with Crippen molar-refractivity contribution in [2.45, 2.75) is 50.4 Å². The molecule has 1 N–H and O–H groups in total. The van der Waals surface area contributed by atoms with Gasteiger partial charge in [-0.1, -0.05) is 55.3 Å².